The maximum Gasteiger partial charge on any atom is 0.131 e. The molecule has 0 spiro atoms. The van der Waals surface area contributed by atoms with Crippen LogP contribution < -0.4 is 10.2 Å². The fourth-order valence-corrected chi connectivity index (χ4v) is 2.30. The van der Waals surface area contributed by atoms with Crippen molar-refractivity contribution in [3.05, 3.63) is 17.7 Å². The molecule has 0 saturated heterocycles. The Bertz CT molecular complexity index is 427. The summed E-state index contributed by atoms with van der Waals surface area (Å²) in [6.45, 7) is 18.2. The van der Waals surface area contributed by atoms with E-state index in [1.807, 2.05) is 6.20 Å². The Balaban J connectivity index is 3.17. The molecule has 0 unspecified atom stereocenters. The predicted molar refractivity (Wildman–Crippen MR) is 90.8 cm³/mol. The lowest BCUT2D eigenvalue weighted by molar-refractivity contribution is 0.563. The van der Waals surface area contributed by atoms with Gasteiger partial charge in [-0.05, 0) is 26.3 Å². The molecular formula is C17H32N4. The summed E-state index contributed by atoms with van der Waals surface area (Å²) in [6, 6.07) is 0.446. The minimum absolute atomic E-state index is 0.358. The average Bonchev–Trinajstić information content (AvgIpc) is 2.41. The Hall–Kier alpha value is -1.16. The van der Waals surface area contributed by atoms with Crippen LogP contribution in [0.4, 0.5) is 5.69 Å². The van der Waals surface area contributed by atoms with Crippen LogP contribution in [0.3, 0.4) is 0 Å². The Morgan fingerprint density at radius 1 is 1.14 bits per heavy atom. The number of hydrogen-bond acceptors (Lipinski definition) is 4. The van der Waals surface area contributed by atoms with Crippen molar-refractivity contribution in [1.29, 1.82) is 0 Å². The molecule has 4 nitrogen and oxygen atoms in total. The molecule has 0 aromatic carbocycles. The molecule has 0 fully saturated rings. The van der Waals surface area contributed by atoms with Crippen molar-refractivity contribution in [3.63, 3.8) is 0 Å². The lowest BCUT2D eigenvalue weighted by atomic mass is 10.1. The number of rotatable bonds is 8. The van der Waals surface area contributed by atoms with E-state index in [9.17, 15) is 0 Å². The number of aromatic nitrogens is 2. The number of nitrogens with zero attached hydrogens (tertiary/aromatic N) is 3. The zero-order valence-electron chi connectivity index (χ0n) is 14.8. The van der Waals surface area contributed by atoms with Gasteiger partial charge in [0.15, 0.2) is 0 Å². The highest BCUT2D eigenvalue weighted by atomic mass is 15.2. The molecule has 0 saturated carbocycles. The maximum absolute atomic E-state index is 4.81. The second-order valence-electron chi connectivity index (χ2n) is 6.64. The van der Waals surface area contributed by atoms with E-state index in [-0.39, 0.29) is 0 Å². The van der Waals surface area contributed by atoms with Gasteiger partial charge in [-0.15, -0.1) is 0 Å². The van der Waals surface area contributed by atoms with Crippen LogP contribution in [0.15, 0.2) is 6.20 Å². The first-order valence-corrected chi connectivity index (χ1v) is 8.19. The summed E-state index contributed by atoms with van der Waals surface area (Å²) < 4.78 is 0. The van der Waals surface area contributed by atoms with Crippen LogP contribution in [0.25, 0.3) is 0 Å². The van der Waals surface area contributed by atoms with Crippen LogP contribution in [-0.4, -0.2) is 29.1 Å². The Morgan fingerprint density at radius 3 is 2.29 bits per heavy atom. The van der Waals surface area contributed by atoms with Gasteiger partial charge in [0.05, 0.1) is 17.6 Å². The van der Waals surface area contributed by atoms with Gasteiger partial charge in [-0.1, -0.05) is 34.6 Å². The van der Waals surface area contributed by atoms with Gasteiger partial charge < -0.3 is 10.2 Å². The van der Waals surface area contributed by atoms with E-state index in [1.165, 1.54) is 5.69 Å². The zero-order chi connectivity index (χ0) is 16.0. The Labute approximate surface area is 130 Å². The van der Waals surface area contributed by atoms with E-state index in [4.69, 9.17) is 4.98 Å². The molecule has 0 amide bonds. The highest BCUT2D eigenvalue weighted by Gasteiger charge is 2.18. The molecule has 0 aliphatic heterocycles. The molecule has 0 atom stereocenters. The van der Waals surface area contributed by atoms with E-state index < -0.39 is 0 Å². The lowest BCUT2D eigenvalue weighted by Gasteiger charge is -2.32. The second-order valence-corrected chi connectivity index (χ2v) is 6.64. The van der Waals surface area contributed by atoms with E-state index in [0.29, 0.717) is 17.9 Å². The maximum atomic E-state index is 4.81. The molecule has 4 heteroatoms. The van der Waals surface area contributed by atoms with Crippen molar-refractivity contribution in [2.75, 3.05) is 18.0 Å². The standard InChI is InChI=1S/C17H32N4/c1-8-18-9-15-16(10-19-17(20-15)13(4)5)21(14(6)7)11-12(2)3/h10,12-14,18H,8-9,11H2,1-7H3. The summed E-state index contributed by atoms with van der Waals surface area (Å²) in [7, 11) is 0. The third-order valence-corrected chi connectivity index (χ3v) is 3.42. The minimum atomic E-state index is 0.358. The number of hydrogen-bond donors (Lipinski definition) is 1. The molecule has 1 rings (SSSR count). The van der Waals surface area contributed by atoms with Crippen molar-refractivity contribution >= 4 is 5.69 Å². The van der Waals surface area contributed by atoms with Gasteiger partial charge in [-0.3, -0.25) is 0 Å². The van der Waals surface area contributed by atoms with Crippen molar-refractivity contribution in [1.82, 2.24) is 15.3 Å². The summed E-state index contributed by atoms with van der Waals surface area (Å²) in [6.07, 6.45) is 2.01. The quantitative estimate of drug-likeness (QED) is 0.795. The van der Waals surface area contributed by atoms with Crippen LogP contribution in [0.5, 0.6) is 0 Å². The molecule has 0 aliphatic carbocycles. The van der Waals surface area contributed by atoms with E-state index in [0.717, 1.165) is 31.2 Å². The van der Waals surface area contributed by atoms with Gasteiger partial charge in [0.2, 0.25) is 0 Å². The highest BCUT2D eigenvalue weighted by Crippen LogP contribution is 2.23. The normalized spacial score (nSPS) is 11.7. The summed E-state index contributed by atoms with van der Waals surface area (Å²) in [4.78, 5) is 11.8. The van der Waals surface area contributed by atoms with Gasteiger partial charge in [-0.25, -0.2) is 9.97 Å². The first-order valence-electron chi connectivity index (χ1n) is 8.19. The van der Waals surface area contributed by atoms with Gasteiger partial charge in [0, 0.05) is 25.0 Å². The van der Waals surface area contributed by atoms with E-state index in [2.05, 4.69) is 63.7 Å². The number of anilines is 1. The van der Waals surface area contributed by atoms with Crippen molar-refractivity contribution in [2.45, 2.75) is 67.0 Å². The second kappa shape index (κ2) is 8.32. The van der Waals surface area contributed by atoms with Crippen LogP contribution >= 0.6 is 0 Å². The van der Waals surface area contributed by atoms with Crippen LogP contribution in [-0.2, 0) is 6.54 Å². The van der Waals surface area contributed by atoms with Crippen LogP contribution in [0, 0.1) is 5.92 Å². The highest BCUT2D eigenvalue weighted by molar-refractivity contribution is 5.50. The third kappa shape index (κ3) is 5.27. The minimum Gasteiger partial charge on any atom is -0.366 e. The Morgan fingerprint density at radius 2 is 1.81 bits per heavy atom. The van der Waals surface area contributed by atoms with Crippen molar-refractivity contribution in [3.8, 4) is 0 Å². The molecule has 1 aromatic rings. The smallest absolute Gasteiger partial charge is 0.131 e. The van der Waals surface area contributed by atoms with E-state index >= 15 is 0 Å². The first-order chi connectivity index (χ1) is 9.86. The van der Waals surface area contributed by atoms with Crippen LogP contribution in [0.1, 0.15) is 65.9 Å². The van der Waals surface area contributed by atoms with Gasteiger partial charge in [-0.2, -0.15) is 0 Å². The summed E-state index contributed by atoms with van der Waals surface area (Å²) in [5.74, 6) is 1.90. The SMILES string of the molecule is CCNCc1nc(C(C)C)ncc1N(CC(C)C)C(C)C. The molecule has 0 bridgehead atoms. The molecule has 0 radical (unpaired) electrons. The first kappa shape index (κ1) is 17.9. The van der Waals surface area contributed by atoms with Gasteiger partial charge >= 0.3 is 0 Å². The molecule has 1 N–H and O–H groups in total. The molecule has 1 heterocycles. The molecule has 0 aliphatic rings. The topological polar surface area (TPSA) is 41.1 Å². The zero-order valence-corrected chi connectivity index (χ0v) is 14.8. The largest absolute Gasteiger partial charge is 0.366 e. The van der Waals surface area contributed by atoms with Crippen molar-refractivity contribution in [2.24, 2.45) is 5.92 Å². The lowest BCUT2D eigenvalue weighted by Crippen LogP contribution is -2.36. The van der Waals surface area contributed by atoms with Crippen molar-refractivity contribution < 1.29 is 0 Å². The van der Waals surface area contributed by atoms with Gasteiger partial charge in [0.25, 0.3) is 0 Å². The fourth-order valence-electron chi connectivity index (χ4n) is 2.30. The third-order valence-electron chi connectivity index (χ3n) is 3.42. The van der Waals surface area contributed by atoms with E-state index in [1.54, 1.807) is 0 Å². The molecule has 21 heavy (non-hydrogen) atoms. The summed E-state index contributed by atoms with van der Waals surface area (Å²) in [5, 5.41) is 3.40. The number of nitrogens with one attached hydrogen (secondary N) is 1. The average molecular weight is 292 g/mol. The molecular weight excluding hydrogens is 260 g/mol. The monoisotopic (exact) mass is 292 g/mol. The molecule has 1 aromatic heterocycles. The summed E-state index contributed by atoms with van der Waals surface area (Å²) in [5.41, 5.74) is 2.29. The molecule has 120 valence electrons. The Kier molecular flexibility index (Phi) is 7.09. The fraction of sp³-hybridized carbons (Fsp3) is 0.765. The predicted octanol–water partition coefficient (Wildman–Crippen LogP) is 3.58. The summed E-state index contributed by atoms with van der Waals surface area (Å²) >= 11 is 0. The van der Waals surface area contributed by atoms with Gasteiger partial charge in [0.1, 0.15) is 5.82 Å². The van der Waals surface area contributed by atoms with Crippen LogP contribution in [0.2, 0.25) is 0 Å².